The van der Waals surface area contributed by atoms with E-state index < -0.39 is 0 Å². The Kier molecular flexibility index (Phi) is 12.0. The molecule has 0 radical (unpaired) electrons. The number of aryl methyl sites for hydroxylation is 1. The Balaban J connectivity index is 1.67. The van der Waals surface area contributed by atoms with Crippen molar-refractivity contribution in [3.63, 3.8) is 0 Å². The van der Waals surface area contributed by atoms with Crippen LogP contribution in [-0.2, 0) is 6.42 Å². The maximum Gasteiger partial charge on any atom is 0.194 e. The highest BCUT2D eigenvalue weighted by molar-refractivity contribution is 6.26. The average molecular weight is 559 g/mol. The van der Waals surface area contributed by atoms with Crippen LogP contribution >= 0.6 is 0 Å². The van der Waals surface area contributed by atoms with Crippen LogP contribution in [0.15, 0.2) is 103 Å². The number of unbranched alkanes of at least 4 members (excludes halogenated alkanes) is 9. The van der Waals surface area contributed by atoms with E-state index in [0.717, 1.165) is 24.8 Å². The number of rotatable bonds is 17. The summed E-state index contributed by atoms with van der Waals surface area (Å²) in [6.07, 6.45) is 12.9. The smallest absolute Gasteiger partial charge is 0.194 e. The van der Waals surface area contributed by atoms with Crippen LogP contribution in [0.4, 0.5) is 0 Å². The Bertz CT molecular complexity index is 1440. The minimum Gasteiger partial charge on any atom is -0.289 e. The SMILES string of the molecule is CCCCCCCCCCCCc1ccc(C(=O)c2ccccc2)c(C(=O)c2ccccc2)c1C(=O)c1ccccc1. The summed E-state index contributed by atoms with van der Waals surface area (Å²) in [5.74, 6) is -0.791. The third kappa shape index (κ3) is 8.22. The standard InChI is InChI=1S/C39H42O3/c1-2-3-4-5-6-7-8-9-10-14-21-30-28-29-34(37(40)31-22-15-11-16-23-31)36(39(42)33-26-19-13-20-27-33)35(30)38(41)32-24-17-12-18-25-32/h11-13,15-20,22-29H,2-10,14,21H2,1H3. The lowest BCUT2D eigenvalue weighted by Crippen LogP contribution is -2.19. The Morgan fingerprint density at radius 2 is 0.833 bits per heavy atom. The number of benzene rings is 4. The van der Waals surface area contributed by atoms with Crippen molar-refractivity contribution in [2.45, 2.75) is 77.6 Å². The second kappa shape index (κ2) is 16.4. The normalized spacial score (nSPS) is 10.9. The van der Waals surface area contributed by atoms with Gasteiger partial charge in [0, 0.05) is 33.4 Å². The van der Waals surface area contributed by atoms with Crippen molar-refractivity contribution in [1.29, 1.82) is 0 Å². The third-order valence-electron chi connectivity index (χ3n) is 7.90. The Morgan fingerprint density at radius 1 is 0.429 bits per heavy atom. The van der Waals surface area contributed by atoms with Gasteiger partial charge in [-0.2, -0.15) is 0 Å². The van der Waals surface area contributed by atoms with Crippen molar-refractivity contribution in [3.05, 3.63) is 142 Å². The highest BCUT2D eigenvalue weighted by Gasteiger charge is 2.29. The molecule has 0 atom stereocenters. The van der Waals surface area contributed by atoms with Gasteiger partial charge in [0.05, 0.1) is 0 Å². The molecule has 3 heteroatoms. The van der Waals surface area contributed by atoms with Crippen LogP contribution in [0.5, 0.6) is 0 Å². The first kappa shape index (κ1) is 30.8. The Morgan fingerprint density at radius 3 is 1.31 bits per heavy atom. The molecule has 0 aliphatic carbocycles. The van der Waals surface area contributed by atoms with E-state index in [-0.39, 0.29) is 28.5 Å². The van der Waals surface area contributed by atoms with Gasteiger partial charge < -0.3 is 0 Å². The van der Waals surface area contributed by atoms with Crippen molar-refractivity contribution >= 4 is 17.3 Å². The number of hydrogen-bond acceptors (Lipinski definition) is 3. The molecule has 0 fully saturated rings. The van der Waals surface area contributed by atoms with Crippen molar-refractivity contribution < 1.29 is 14.4 Å². The second-order valence-electron chi connectivity index (χ2n) is 11.0. The molecule has 0 aromatic heterocycles. The fourth-order valence-corrected chi connectivity index (χ4v) is 5.55. The lowest BCUT2D eigenvalue weighted by molar-refractivity contribution is 0.0990. The molecule has 0 unspecified atom stereocenters. The summed E-state index contributed by atoms with van der Waals surface area (Å²) in [6.45, 7) is 2.24. The molecule has 0 N–H and O–H groups in total. The molecule has 4 aromatic rings. The summed E-state index contributed by atoms with van der Waals surface area (Å²) in [5, 5.41) is 0. The molecule has 42 heavy (non-hydrogen) atoms. The second-order valence-corrected chi connectivity index (χ2v) is 11.0. The minimum absolute atomic E-state index is 0.202. The van der Waals surface area contributed by atoms with Gasteiger partial charge in [0.1, 0.15) is 0 Å². The van der Waals surface area contributed by atoms with E-state index in [0.29, 0.717) is 28.7 Å². The van der Waals surface area contributed by atoms with E-state index in [1.54, 1.807) is 54.6 Å². The van der Waals surface area contributed by atoms with Crippen LogP contribution in [-0.4, -0.2) is 17.3 Å². The van der Waals surface area contributed by atoms with Gasteiger partial charge in [-0.15, -0.1) is 0 Å². The predicted octanol–water partition coefficient (Wildman–Crippen LogP) is 9.84. The molecule has 0 aliphatic heterocycles. The number of carbonyl (C=O) groups excluding carboxylic acids is 3. The highest BCUT2D eigenvalue weighted by Crippen LogP contribution is 2.29. The summed E-state index contributed by atoms with van der Waals surface area (Å²) in [4.78, 5) is 42.1. The third-order valence-corrected chi connectivity index (χ3v) is 7.90. The van der Waals surface area contributed by atoms with E-state index in [1.807, 2.05) is 48.5 Å². The topological polar surface area (TPSA) is 51.2 Å². The maximum absolute atomic E-state index is 14.2. The molecule has 0 spiro atoms. The number of carbonyl (C=O) groups is 3. The fraction of sp³-hybridized carbons (Fsp3) is 0.308. The van der Waals surface area contributed by atoms with E-state index >= 15 is 0 Å². The van der Waals surface area contributed by atoms with E-state index in [4.69, 9.17) is 0 Å². The molecule has 4 aromatic carbocycles. The van der Waals surface area contributed by atoms with Gasteiger partial charge >= 0.3 is 0 Å². The van der Waals surface area contributed by atoms with Crippen LogP contribution in [0, 0.1) is 0 Å². The van der Waals surface area contributed by atoms with E-state index in [1.165, 1.54) is 44.9 Å². The maximum atomic E-state index is 14.2. The number of hydrogen-bond donors (Lipinski definition) is 0. The summed E-state index contributed by atoms with van der Waals surface area (Å²) in [7, 11) is 0. The zero-order chi connectivity index (χ0) is 29.6. The first-order valence-corrected chi connectivity index (χ1v) is 15.6. The largest absolute Gasteiger partial charge is 0.289 e. The van der Waals surface area contributed by atoms with E-state index in [2.05, 4.69) is 6.92 Å². The van der Waals surface area contributed by atoms with Gasteiger partial charge in [-0.3, -0.25) is 14.4 Å². The van der Waals surface area contributed by atoms with Gasteiger partial charge in [0.15, 0.2) is 17.3 Å². The fourth-order valence-electron chi connectivity index (χ4n) is 5.55. The van der Waals surface area contributed by atoms with Crippen molar-refractivity contribution in [2.75, 3.05) is 0 Å². The molecular weight excluding hydrogens is 516 g/mol. The molecule has 0 bridgehead atoms. The molecule has 3 nitrogen and oxygen atoms in total. The van der Waals surface area contributed by atoms with Crippen LogP contribution in [0.2, 0.25) is 0 Å². The van der Waals surface area contributed by atoms with Crippen molar-refractivity contribution in [1.82, 2.24) is 0 Å². The minimum atomic E-state index is -0.306. The monoisotopic (exact) mass is 558 g/mol. The van der Waals surface area contributed by atoms with Gasteiger partial charge in [-0.1, -0.05) is 162 Å². The first-order chi connectivity index (χ1) is 20.6. The van der Waals surface area contributed by atoms with Crippen molar-refractivity contribution in [3.8, 4) is 0 Å². The molecular formula is C39H42O3. The zero-order valence-electron chi connectivity index (χ0n) is 24.8. The van der Waals surface area contributed by atoms with Gasteiger partial charge in [0.25, 0.3) is 0 Å². The quantitative estimate of drug-likeness (QED) is 0.0957. The molecule has 0 aliphatic rings. The van der Waals surface area contributed by atoms with Crippen LogP contribution in [0.25, 0.3) is 0 Å². The first-order valence-electron chi connectivity index (χ1n) is 15.6. The van der Waals surface area contributed by atoms with Crippen LogP contribution < -0.4 is 0 Å². The predicted molar refractivity (Wildman–Crippen MR) is 172 cm³/mol. The molecule has 4 rings (SSSR count). The van der Waals surface area contributed by atoms with Gasteiger partial charge in [0.2, 0.25) is 0 Å². The Hall–Kier alpha value is -4.11. The molecule has 0 amide bonds. The Labute approximate surface area is 251 Å². The highest BCUT2D eigenvalue weighted by atomic mass is 16.1. The van der Waals surface area contributed by atoms with E-state index in [9.17, 15) is 14.4 Å². The summed E-state index contributed by atoms with van der Waals surface area (Å²) in [6, 6.07) is 30.6. The molecule has 0 heterocycles. The van der Waals surface area contributed by atoms with Crippen molar-refractivity contribution in [2.24, 2.45) is 0 Å². The molecule has 216 valence electrons. The van der Waals surface area contributed by atoms with Crippen LogP contribution in [0.3, 0.4) is 0 Å². The molecule has 0 saturated heterocycles. The summed E-state index contributed by atoms with van der Waals surface area (Å²) >= 11 is 0. The summed E-state index contributed by atoms with van der Waals surface area (Å²) in [5.41, 5.74) is 3.10. The van der Waals surface area contributed by atoms with Gasteiger partial charge in [-0.05, 0) is 24.5 Å². The van der Waals surface area contributed by atoms with Crippen LogP contribution in [0.1, 0.15) is 124 Å². The molecule has 0 saturated carbocycles. The van der Waals surface area contributed by atoms with Gasteiger partial charge in [-0.25, -0.2) is 0 Å². The lowest BCUT2D eigenvalue weighted by Gasteiger charge is -2.18. The summed E-state index contributed by atoms with van der Waals surface area (Å²) < 4.78 is 0. The average Bonchev–Trinajstić information content (AvgIpc) is 3.05. The number of ketones is 3. The zero-order valence-corrected chi connectivity index (χ0v) is 24.8. The lowest BCUT2D eigenvalue weighted by atomic mass is 9.83.